The van der Waals surface area contributed by atoms with Crippen molar-refractivity contribution < 1.29 is 28.5 Å². The molecule has 3 aliphatic rings. The molecule has 0 N–H and O–H groups in total. The van der Waals surface area contributed by atoms with Gasteiger partial charge in [0.05, 0.1) is 25.7 Å². The minimum atomic E-state index is -0.455. The van der Waals surface area contributed by atoms with Crippen LogP contribution < -0.4 is 23.7 Å². The van der Waals surface area contributed by atoms with Crippen molar-refractivity contribution in [2.45, 2.75) is 31.5 Å². The van der Waals surface area contributed by atoms with Gasteiger partial charge >= 0.3 is 0 Å². The van der Waals surface area contributed by atoms with Gasteiger partial charge in [0, 0.05) is 23.6 Å². The molecule has 0 spiro atoms. The number of benzene rings is 2. The first kappa shape index (κ1) is 17.9. The van der Waals surface area contributed by atoms with Crippen LogP contribution in [0.25, 0.3) is 0 Å². The Morgan fingerprint density at radius 1 is 1.10 bits per heavy atom. The minimum Gasteiger partial charge on any atom is -0.493 e. The van der Waals surface area contributed by atoms with Crippen molar-refractivity contribution in [2.75, 3.05) is 20.8 Å². The lowest BCUT2D eigenvalue weighted by Crippen LogP contribution is -2.43. The third-order valence-electron chi connectivity index (χ3n) is 5.87. The second kappa shape index (κ2) is 6.44. The van der Waals surface area contributed by atoms with Gasteiger partial charge in [0.2, 0.25) is 0 Å². The molecule has 3 heterocycles. The predicted molar refractivity (Wildman–Crippen MR) is 106 cm³/mol. The van der Waals surface area contributed by atoms with Crippen molar-refractivity contribution in [3.8, 4) is 28.7 Å². The molecule has 150 valence electrons. The van der Waals surface area contributed by atoms with Crippen molar-refractivity contribution in [3.05, 3.63) is 53.1 Å². The number of Topliss-reactive ketones (excluding diaryl/α,β-unsaturated/α-hetero) is 1. The van der Waals surface area contributed by atoms with Crippen molar-refractivity contribution in [1.29, 1.82) is 0 Å². The fourth-order valence-corrected chi connectivity index (χ4v) is 4.34. The van der Waals surface area contributed by atoms with E-state index >= 15 is 0 Å². The Morgan fingerprint density at radius 2 is 1.86 bits per heavy atom. The third kappa shape index (κ3) is 2.58. The lowest BCUT2D eigenvalue weighted by molar-refractivity contribution is 0.0554. The molecule has 0 aromatic heterocycles. The average molecular weight is 394 g/mol. The molecule has 2 aromatic rings. The standard InChI is InChI=1S/C23H22O6/c1-11(2)16-8-14-15(28-16)6-5-12-22(24)21-13-7-18(25-3)19(26-4)9-17(13)27-10-20(21)29-23(12)14/h5-7,9,16,20-21H,1,8,10H2,2-4H3/t16-,20-,21+/m0/s1. The van der Waals surface area contributed by atoms with Gasteiger partial charge in [-0.15, -0.1) is 0 Å². The maximum Gasteiger partial charge on any atom is 0.178 e. The molecule has 3 aliphatic heterocycles. The molecule has 0 saturated carbocycles. The highest BCUT2D eigenvalue weighted by molar-refractivity contribution is 6.06. The molecule has 29 heavy (non-hydrogen) atoms. The Hall–Kier alpha value is -3.15. The normalized spacial score (nSPS) is 23.4. The topological polar surface area (TPSA) is 63.2 Å². The number of fused-ring (bicyclic) bond motifs is 6. The van der Waals surface area contributed by atoms with Crippen LogP contribution in [0.4, 0.5) is 0 Å². The monoisotopic (exact) mass is 394 g/mol. The quantitative estimate of drug-likeness (QED) is 0.740. The van der Waals surface area contributed by atoms with Crippen molar-refractivity contribution in [2.24, 2.45) is 0 Å². The lowest BCUT2D eigenvalue weighted by Gasteiger charge is -2.37. The fraction of sp³-hybridized carbons (Fsp3) is 0.348. The summed E-state index contributed by atoms with van der Waals surface area (Å²) < 4.78 is 29.0. The third-order valence-corrected chi connectivity index (χ3v) is 5.87. The van der Waals surface area contributed by atoms with E-state index in [4.69, 9.17) is 23.7 Å². The molecule has 0 amide bonds. The van der Waals surface area contributed by atoms with Crippen LogP contribution in [-0.2, 0) is 6.42 Å². The fourth-order valence-electron chi connectivity index (χ4n) is 4.34. The molecule has 6 nitrogen and oxygen atoms in total. The second-order valence-electron chi connectivity index (χ2n) is 7.63. The largest absolute Gasteiger partial charge is 0.493 e. The zero-order chi connectivity index (χ0) is 20.3. The number of ether oxygens (including phenoxy) is 5. The van der Waals surface area contributed by atoms with E-state index in [1.165, 1.54) is 0 Å². The molecule has 0 unspecified atom stereocenters. The summed E-state index contributed by atoms with van der Waals surface area (Å²) in [5, 5.41) is 0. The van der Waals surface area contributed by atoms with Gasteiger partial charge in [-0.05, 0) is 30.7 Å². The first-order valence-corrected chi connectivity index (χ1v) is 9.59. The maximum absolute atomic E-state index is 13.5. The van der Waals surface area contributed by atoms with Crippen molar-refractivity contribution in [3.63, 3.8) is 0 Å². The number of methoxy groups -OCH3 is 2. The van der Waals surface area contributed by atoms with Gasteiger partial charge in [-0.3, -0.25) is 4.79 Å². The van der Waals surface area contributed by atoms with E-state index < -0.39 is 12.0 Å². The number of carbonyl (C=O) groups is 1. The summed E-state index contributed by atoms with van der Waals surface area (Å²) in [6, 6.07) is 7.23. The number of ketones is 1. The van der Waals surface area contributed by atoms with Crippen molar-refractivity contribution in [1.82, 2.24) is 0 Å². The first-order chi connectivity index (χ1) is 14.0. The molecule has 0 saturated heterocycles. The summed E-state index contributed by atoms with van der Waals surface area (Å²) in [7, 11) is 3.14. The van der Waals surface area contributed by atoms with Crippen LogP contribution in [0, 0.1) is 0 Å². The second-order valence-corrected chi connectivity index (χ2v) is 7.63. The van der Waals surface area contributed by atoms with E-state index in [0.29, 0.717) is 35.0 Å². The Morgan fingerprint density at radius 3 is 2.59 bits per heavy atom. The van der Waals surface area contributed by atoms with E-state index in [1.807, 2.05) is 19.1 Å². The van der Waals surface area contributed by atoms with Crippen LogP contribution in [0.3, 0.4) is 0 Å². The lowest BCUT2D eigenvalue weighted by atomic mass is 9.81. The van der Waals surface area contributed by atoms with Gasteiger partial charge in [-0.2, -0.15) is 0 Å². The van der Waals surface area contributed by atoms with Crippen LogP contribution in [0.5, 0.6) is 28.7 Å². The molecule has 0 fully saturated rings. The van der Waals surface area contributed by atoms with Gasteiger partial charge in [-0.25, -0.2) is 0 Å². The van der Waals surface area contributed by atoms with Crippen LogP contribution >= 0.6 is 0 Å². The SMILES string of the molecule is C=C(C)[C@@H]1Cc2c(ccc3c2O[C@H]2COc4cc(OC)c(OC)cc4[C@H]2C3=O)O1. The van der Waals surface area contributed by atoms with Gasteiger partial charge in [-0.1, -0.05) is 6.58 Å². The summed E-state index contributed by atoms with van der Waals surface area (Å²) in [6.45, 7) is 6.22. The van der Waals surface area contributed by atoms with Crippen LogP contribution in [-0.4, -0.2) is 38.8 Å². The van der Waals surface area contributed by atoms with Crippen LogP contribution in [0.2, 0.25) is 0 Å². The molecule has 0 radical (unpaired) electrons. The Balaban J connectivity index is 1.58. The van der Waals surface area contributed by atoms with E-state index in [0.717, 1.165) is 22.4 Å². The number of carbonyl (C=O) groups excluding carboxylic acids is 1. The molecule has 3 atom stereocenters. The highest BCUT2D eigenvalue weighted by Crippen LogP contribution is 2.49. The van der Waals surface area contributed by atoms with Gasteiger partial charge < -0.3 is 23.7 Å². The highest BCUT2D eigenvalue weighted by atomic mass is 16.5. The van der Waals surface area contributed by atoms with E-state index in [1.54, 1.807) is 26.4 Å². The highest BCUT2D eigenvalue weighted by Gasteiger charge is 2.45. The molecule has 6 heteroatoms. The zero-order valence-corrected chi connectivity index (χ0v) is 16.6. The molecule has 2 aromatic carbocycles. The van der Waals surface area contributed by atoms with Gasteiger partial charge in [0.25, 0.3) is 0 Å². The maximum atomic E-state index is 13.5. The van der Waals surface area contributed by atoms with E-state index in [9.17, 15) is 4.79 Å². The van der Waals surface area contributed by atoms with Crippen molar-refractivity contribution >= 4 is 5.78 Å². The average Bonchev–Trinajstić information content (AvgIpc) is 3.17. The molecular formula is C23H22O6. The van der Waals surface area contributed by atoms with Crippen LogP contribution in [0.1, 0.15) is 34.3 Å². The van der Waals surface area contributed by atoms with E-state index in [-0.39, 0.29) is 18.5 Å². The summed E-state index contributed by atoms with van der Waals surface area (Å²) >= 11 is 0. The Bertz CT molecular complexity index is 1040. The number of hydrogen-bond acceptors (Lipinski definition) is 6. The predicted octanol–water partition coefficient (Wildman–Crippen LogP) is 3.70. The first-order valence-electron chi connectivity index (χ1n) is 9.59. The van der Waals surface area contributed by atoms with E-state index in [2.05, 4.69) is 6.58 Å². The molecule has 0 bridgehead atoms. The Labute approximate surface area is 169 Å². The van der Waals surface area contributed by atoms with Crippen LogP contribution in [0.15, 0.2) is 36.4 Å². The summed E-state index contributed by atoms with van der Waals surface area (Å²) in [5.41, 5.74) is 3.22. The molecular weight excluding hydrogens is 372 g/mol. The molecule has 5 rings (SSSR count). The van der Waals surface area contributed by atoms with Gasteiger partial charge in [0.15, 0.2) is 17.3 Å². The Kier molecular flexibility index (Phi) is 3.98. The molecule has 0 aliphatic carbocycles. The smallest absolute Gasteiger partial charge is 0.178 e. The van der Waals surface area contributed by atoms with Gasteiger partial charge in [0.1, 0.15) is 36.1 Å². The summed E-state index contributed by atoms with van der Waals surface area (Å²) in [5.74, 6) is 2.68. The zero-order valence-electron chi connectivity index (χ0n) is 16.6. The summed E-state index contributed by atoms with van der Waals surface area (Å²) in [4.78, 5) is 13.5. The minimum absolute atomic E-state index is 0.0228. The number of hydrogen-bond donors (Lipinski definition) is 0. The number of rotatable bonds is 3. The summed E-state index contributed by atoms with van der Waals surface area (Å²) in [6.07, 6.45) is 0.157.